The van der Waals surface area contributed by atoms with Gasteiger partial charge < -0.3 is 9.84 Å². The summed E-state index contributed by atoms with van der Waals surface area (Å²) in [5, 5.41) is 7.72. The van der Waals surface area contributed by atoms with Gasteiger partial charge in [-0.15, -0.1) is 0 Å². The first-order valence-electron chi connectivity index (χ1n) is 6.60. The van der Waals surface area contributed by atoms with E-state index >= 15 is 0 Å². The average Bonchev–Trinajstić information content (AvgIpc) is 2.87. The first-order valence-corrected chi connectivity index (χ1v) is 6.60. The maximum absolute atomic E-state index is 5.45. The fourth-order valence-electron chi connectivity index (χ4n) is 3.06. The summed E-state index contributed by atoms with van der Waals surface area (Å²) >= 11 is 0. The number of nitrogens with zero attached hydrogens (tertiary/aromatic N) is 2. The van der Waals surface area contributed by atoms with Crippen molar-refractivity contribution in [2.24, 2.45) is 5.41 Å². The van der Waals surface area contributed by atoms with Crippen LogP contribution >= 0.6 is 0 Å². The van der Waals surface area contributed by atoms with Crippen molar-refractivity contribution >= 4 is 0 Å². The van der Waals surface area contributed by atoms with Gasteiger partial charge in [-0.3, -0.25) is 0 Å². The van der Waals surface area contributed by atoms with Crippen LogP contribution in [-0.2, 0) is 6.42 Å². The van der Waals surface area contributed by atoms with Gasteiger partial charge in [0.05, 0.1) is 5.92 Å². The highest BCUT2D eigenvalue weighted by molar-refractivity contribution is 5.10. The van der Waals surface area contributed by atoms with E-state index in [0.717, 1.165) is 18.1 Å². The molecule has 0 saturated carbocycles. The molecule has 3 rings (SSSR count). The van der Waals surface area contributed by atoms with Gasteiger partial charge in [0.15, 0.2) is 5.82 Å². The Morgan fingerprint density at radius 3 is 2.76 bits per heavy atom. The van der Waals surface area contributed by atoms with Crippen molar-refractivity contribution in [2.45, 2.75) is 64.5 Å². The summed E-state index contributed by atoms with van der Waals surface area (Å²) in [7, 11) is 0. The number of nitrogens with one attached hydrogen (secondary N) is 1. The van der Waals surface area contributed by atoms with Crippen molar-refractivity contribution in [1.82, 2.24) is 15.5 Å². The van der Waals surface area contributed by atoms with Gasteiger partial charge >= 0.3 is 0 Å². The second kappa shape index (κ2) is 3.80. The number of aromatic nitrogens is 2. The molecule has 0 spiro atoms. The van der Waals surface area contributed by atoms with Crippen LogP contribution in [0.5, 0.6) is 0 Å². The van der Waals surface area contributed by atoms with Crippen LogP contribution in [-0.4, -0.2) is 22.2 Å². The molecule has 0 aliphatic carbocycles. The maximum atomic E-state index is 5.45. The molecule has 4 heteroatoms. The lowest BCUT2D eigenvalue weighted by atomic mass is 9.89. The molecule has 3 unspecified atom stereocenters. The first kappa shape index (κ1) is 11.2. The minimum absolute atomic E-state index is 0.216. The largest absolute Gasteiger partial charge is 0.339 e. The molecule has 0 radical (unpaired) electrons. The highest BCUT2D eigenvalue weighted by Crippen LogP contribution is 2.39. The minimum atomic E-state index is 0.216. The zero-order valence-electron chi connectivity index (χ0n) is 10.9. The molecular weight excluding hydrogens is 214 g/mol. The van der Waals surface area contributed by atoms with Crippen molar-refractivity contribution in [3.63, 3.8) is 0 Å². The predicted octanol–water partition coefficient (Wildman–Crippen LogP) is 2.27. The highest BCUT2D eigenvalue weighted by atomic mass is 16.5. The molecule has 1 aromatic heterocycles. The molecule has 2 saturated heterocycles. The molecule has 2 aliphatic rings. The van der Waals surface area contributed by atoms with Crippen LogP contribution < -0.4 is 5.32 Å². The third-order valence-electron chi connectivity index (χ3n) is 3.79. The SMILES string of the molecule is CC(C)(C)Cc1noc(C2CC3CCC2N3)n1. The van der Waals surface area contributed by atoms with E-state index in [9.17, 15) is 0 Å². The van der Waals surface area contributed by atoms with Crippen molar-refractivity contribution in [2.75, 3.05) is 0 Å². The van der Waals surface area contributed by atoms with E-state index in [1.807, 2.05) is 0 Å². The third kappa shape index (κ3) is 2.23. The molecule has 94 valence electrons. The van der Waals surface area contributed by atoms with Gasteiger partial charge in [0.25, 0.3) is 0 Å². The molecule has 2 fully saturated rings. The molecule has 1 aromatic rings. The Balaban J connectivity index is 1.72. The smallest absolute Gasteiger partial charge is 0.231 e. The van der Waals surface area contributed by atoms with E-state index in [4.69, 9.17) is 4.52 Å². The zero-order valence-corrected chi connectivity index (χ0v) is 10.9. The van der Waals surface area contributed by atoms with Crippen LogP contribution in [0.25, 0.3) is 0 Å². The van der Waals surface area contributed by atoms with E-state index in [-0.39, 0.29) is 5.41 Å². The van der Waals surface area contributed by atoms with Crippen LogP contribution in [0.2, 0.25) is 0 Å². The standard InChI is InChI=1S/C13H21N3O/c1-13(2,3)7-11-15-12(17-16-11)9-6-8-4-5-10(9)14-8/h8-10,14H,4-7H2,1-3H3. The lowest BCUT2D eigenvalue weighted by Crippen LogP contribution is -2.21. The van der Waals surface area contributed by atoms with E-state index < -0.39 is 0 Å². The second-order valence-corrected chi connectivity index (χ2v) is 6.68. The fourth-order valence-corrected chi connectivity index (χ4v) is 3.06. The Labute approximate surface area is 102 Å². The second-order valence-electron chi connectivity index (χ2n) is 6.68. The van der Waals surface area contributed by atoms with Crippen LogP contribution in [0.4, 0.5) is 0 Å². The van der Waals surface area contributed by atoms with Gasteiger partial charge in [0, 0.05) is 18.5 Å². The summed E-state index contributed by atoms with van der Waals surface area (Å²) in [5.74, 6) is 2.16. The van der Waals surface area contributed by atoms with Gasteiger partial charge in [-0.1, -0.05) is 25.9 Å². The number of hydrogen-bond acceptors (Lipinski definition) is 4. The summed E-state index contributed by atoms with van der Waals surface area (Å²) in [5.41, 5.74) is 0.216. The molecule has 2 aliphatic heterocycles. The van der Waals surface area contributed by atoms with Crippen molar-refractivity contribution < 1.29 is 4.52 Å². The normalized spacial score (nSPS) is 32.3. The Hall–Kier alpha value is -0.900. The summed E-state index contributed by atoms with van der Waals surface area (Å²) < 4.78 is 5.45. The van der Waals surface area contributed by atoms with Crippen molar-refractivity contribution in [3.8, 4) is 0 Å². The van der Waals surface area contributed by atoms with Gasteiger partial charge in [-0.25, -0.2) is 0 Å². The summed E-state index contributed by atoms with van der Waals surface area (Å²) in [6.07, 6.45) is 4.61. The molecule has 3 heterocycles. The van der Waals surface area contributed by atoms with Crippen molar-refractivity contribution in [1.29, 1.82) is 0 Å². The molecule has 4 nitrogen and oxygen atoms in total. The molecular formula is C13H21N3O. The Kier molecular flexibility index (Phi) is 2.51. The summed E-state index contributed by atoms with van der Waals surface area (Å²) in [6.45, 7) is 6.59. The lowest BCUT2D eigenvalue weighted by molar-refractivity contribution is 0.321. The van der Waals surface area contributed by atoms with Gasteiger partial charge in [0.2, 0.25) is 5.89 Å². The van der Waals surface area contributed by atoms with Crippen LogP contribution in [0.3, 0.4) is 0 Å². The van der Waals surface area contributed by atoms with Crippen LogP contribution in [0.1, 0.15) is 57.7 Å². The highest BCUT2D eigenvalue weighted by Gasteiger charge is 2.42. The lowest BCUT2D eigenvalue weighted by Gasteiger charge is -2.16. The van der Waals surface area contributed by atoms with Crippen molar-refractivity contribution in [3.05, 3.63) is 11.7 Å². The molecule has 3 atom stereocenters. The molecule has 0 aromatic carbocycles. The van der Waals surface area contributed by atoms with E-state index in [1.54, 1.807) is 0 Å². The van der Waals surface area contributed by atoms with E-state index in [1.165, 1.54) is 19.3 Å². The summed E-state index contributed by atoms with van der Waals surface area (Å²) in [6, 6.07) is 1.26. The minimum Gasteiger partial charge on any atom is -0.339 e. The Morgan fingerprint density at radius 2 is 2.18 bits per heavy atom. The van der Waals surface area contributed by atoms with Crippen LogP contribution in [0, 0.1) is 5.41 Å². The van der Waals surface area contributed by atoms with Gasteiger partial charge in [0.1, 0.15) is 0 Å². The third-order valence-corrected chi connectivity index (χ3v) is 3.79. The van der Waals surface area contributed by atoms with Crippen LogP contribution in [0.15, 0.2) is 4.52 Å². The zero-order chi connectivity index (χ0) is 12.0. The molecule has 1 N–H and O–H groups in total. The molecule has 2 bridgehead atoms. The number of rotatable bonds is 2. The topological polar surface area (TPSA) is 51.0 Å². The summed E-state index contributed by atoms with van der Waals surface area (Å²) in [4.78, 5) is 4.58. The van der Waals surface area contributed by atoms with Gasteiger partial charge in [-0.05, 0) is 24.7 Å². The maximum Gasteiger partial charge on any atom is 0.231 e. The number of hydrogen-bond donors (Lipinski definition) is 1. The fraction of sp³-hybridized carbons (Fsp3) is 0.846. The monoisotopic (exact) mass is 235 g/mol. The first-order chi connectivity index (χ1) is 8.01. The quantitative estimate of drug-likeness (QED) is 0.854. The Morgan fingerprint density at radius 1 is 1.35 bits per heavy atom. The molecule has 17 heavy (non-hydrogen) atoms. The van der Waals surface area contributed by atoms with Gasteiger partial charge in [-0.2, -0.15) is 4.98 Å². The van der Waals surface area contributed by atoms with E-state index in [2.05, 4.69) is 36.2 Å². The average molecular weight is 235 g/mol. The predicted molar refractivity (Wildman–Crippen MR) is 64.8 cm³/mol. The number of fused-ring (bicyclic) bond motifs is 2. The van der Waals surface area contributed by atoms with E-state index in [0.29, 0.717) is 18.0 Å². The Bertz CT molecular complexity index is 407. The molecule has 0 amide bonds.